The molecule has 1 saturated heterocycles. The number of pyridine rings is 3. The highest BCUT2D eigenvalue weighted by atomic mass is 32.2. The number of aliphatic hydroxyl groups is 1. The Hall–Kier alpha value is -2.66. The van der Waals surface area contributed by atoms with Gasteiger partial charge < -0.3 is 24.6 Å². The van der Waals surface area contributed by atoms with Crippen molar-refractivity contribution < 1.29 is 19.3 Å². The fourth-order valence-electron chi connectivity index (χ4n) is 4.31. The maximum Gasteiger partial charge on any atom is 0.252 e. The summed E-state index contributed by atoms with van der Waals surface area (Å²) in [5.41, 5.74) is 1.24. The van der Waals surface area contributed by atoms with Crippen molar-refractivity contribution in [2.24, 2.45) is 0 Å². The van der Waals surface area contributed by atoms with Crippen molar-refractivity contribution in [3.8, 4) is 11.6 Å². The first kappa shape index (κ1) is 23.1. The zero-order valence-corrected chi connectivity index (χ0v) is 19.8. The van der Waals surface area contributed by atoms with Crippen LogP contribution in [0.15, 0.2) is 46.2 Å². The van der Waals surface area contributed by atoms with Crippen molar-refractivity contribution in [2.75, 3.05) is 26.1 Å². The molecule has 3 aromatic heterocycles. The Morgan fingerprint density at radius 3 is 3.03 bits per heavy atom. The van der Waals surface area contributed by atoms with Crippen LogP contribution in [0.2, 0.25) is 0 Å². The quantitative estimate of drug-likeness (QED) is 0.520. The molecular weight excluding hydrogens is 456 g/mol. The fraction of sp³-hybridized carbons (Fsp3) is 0.458. The van der Waals surface area contributed by atoms with Gasteiger partial charge in [0.1, 0.15) is 5.65 Å². The minimum absolute atomic E-state index is 0.109. The normalized spacial score (nSPS) is 21.0. The van der Waals surface area contributed by atoms with Gasteiger partial charge in [-0.25, -0.2) is 0 Å². The first-order chi connectivity index (χ1) is 16.6. The number of hydrogen-bond donors (Lipinski definition) is 2. The summed E-state index contributed by atoms with van der Waals surface area (Å²) in [6.45, 7) is 1.97. The predicted octanol–water partition coefficient (Wildman–Crippen LogP) is 1.98. The molecule has 3 aromatic rings. The third kappa shape index (κ3) is 5.05. The summed E-state index contributed by atoms with van der Waals surface area (Å²) in [5, 5.41) is 15.2. The number of aliphatic hydroxyl groups excluding tert-OH is 1. The molecule has 0 spiro atoms. The molecule has 180 valence electrons. The summed E-state index contributed by atoms with van der Waals surface area (Å²) >= 11 is 1.79. The molecule has 5 rings (SSSR count). The van der Waals surface area contributed by atoms with E-state index in [1.165, 1.54) is 17.7 Å². The van der Waals surface area contributed by atoms with E-state index in [0.717, 1.165) is 40.5 Å². The van der Waals surface area contributed by atoms with Gasteiger partial charge in [-0.1, -0.05) is 0 Å². The highest BCUT2D eigenvalue weighted by Gasteiger charge is 2.28. The summed E-state index contributed by atoms with van der Waals surface area (Å²) in [7, 11) is 1.53. The molecule has 5 heterocycles. The van der Waals surface area contributed by atoms with Crippen LogP contribution in [-0.4, -0.2) is 64.0 Å². The van der Waals surface area contributed by atoms with Gasteiger partial charge in [0.15, 0.2) is 5.75 Å². The van der Waals surface area contributed by atoms with Crippen molar-refractivity contribution >= 4 is 22.8 Å². The largest absolute Gasteiger partial charge is 0.490 e. The molecule has 0 amide bonds. The number of hydrogen-bond acceptors (Lipinski definition) is 9. The number of nitrogens with zero attached hydrogens (tertiary/aromatic N) is 3. The van der Waals surface area contributed by atoms with E-state index in [4.69, 9.17) is 14.2 Å². The third-order valence-corrected chi connectivity index (χ3v) is 7.19. The molecule has 34 heavy (non-hydrogen) atoms. The van der Waals surface area contributed by atoms with Crippen LogP contribution in [0.3, 0.4) is 0 Å². The molecular formula is C24H28N4O5S. The van der Waals surface area contributed by atoms with Gasteiger partial charge in [-0.05, 0) is 31.0 Å². The Morgan fingerprint density at radius 1 is 1.32 bits per heavy atom. The van der Waals surface area contributed by atoms with Crippen molar-refractivity contribution in [3.05, 3.63) is 52.6 Å². The molecule has 1 unspecified atom stereocenters. The van der Waals surface area contributed by atoms with Gasteiger partial charge in [0.05, 0.1) is 55.9 Å². The summed E-state index contributed by atoms with van der Waals surface area (Å²) in [6, 6.07) is 9.06. The summed E-state index contributed by atoms with van der Waals surface area (Å²) in [5.74, 6) is 2.24. The van der Waals surface area contributed by atoms with Crippen molar-refractivity contribution in [1.29, 1.82) is 0 Å². The smallest absolute Gasteiger partial charge is 0.252 e. The van der Waals surface area contributed by atoms with E-state index in [9.17, 15) is 9.90 Å². The summed E-state index contributed by atoms with van der Waals surface area (Å²) < 4.78 is 18.3. The molecule has 0 bridgehead atoms. The van der Waals surface area contributed by atoms with Crippen molar-refractivity contribution in [2.45, 2.75) is 49.1 Å². The average molecular weight is 485 g/mol. The molecule has 9 nitrogen and oxygen atoms in total. The molecule has 0 aromatic carbocycles. The van der Waals surface area contributed by atoms with E-state index in [0.29, 0.717) is 31.1 Å². The number of rotatable bonds is 7. The SMILES string of the molecule is COc1ccc2ccc(=O)n(C[C@H](O)[C@@H]3CCC(NCc4cc5c(cn4)OCCS5)CO3)c2n1. The van der Waals surface area contributed by atoms with Crippen molar-refractivity contribution in [1.82, 2.24) is 19.9 Å². The van der Waals surface area contributed by atoms with Crippen LogP contribution in [0.5, 0.6) is 11.6 Å². The minimum Gasteiger partial charge on any atom is -0.490 e. The van der Waals surface area contributed by atoms with Crippen LogP contribution in [-0.2, 0) is 17.8 Å². The Labute approximate surface area is 201 Å². The lowest BCUT2D eigenvalue weighted by Crippen LogP contribution is -2.45. The van der Waals surface area contributed by atoms with E-state index in [1.807, 2.05) is 6.07 Å². The fourth-order valence-corrected chi connectivity index (χ4v) is 5.17. The molecule has 2 N–H and O–H groups in total. The highest BCUT2D eigenvalue weighted by Crippen LogP contribution is 2.32. The van der Waals surface area contributed by atoms with Crippen LogP contribution in [0, 0.1) is 0 Å². The first-order valence-corrected chi connectivity index (χ1v) is 12.4. The second-order valence-corrected chi connectivity index (χ2v) is 9.60. The Morgan fingerprint density at radius 2 is 2.21 bits per heavy atom. The van der Waals surface area contributed by atoms with E-state index in [1.54, 1.807) is 30.1 Å². The van der Waals surface area contributed by atoms with Crippen LogP contribution >= 0.6 is 11.8 Å². The number of fused-ring (bicyclic) bond motifs is 2. The highest BCUT2D eigenvalue weighted by molar-refractivity contribution is 7.99. The van der Waals surface area contributed by atoms with Crippen molar-refractivity contribution in [3.63, 3.8) is 0 Å². The molecule has 0 aliphatic carbocycles. The van der Waals surface area contributed by atoms with Gasteiger partial charge in [0.2, 0.25) is 5.88 Å². The topological polar surface area (TPSA) is 108 Å². The van der Waals surface area contributed by atoms with Gasteiger partial charge in [-0.15, -0.1) is 11.8 Å². The van der Waals surface area contributed by atoms with Gasteiger partial charge >= 0.3 is 0 Å². The van der Waals surface area contributed by atoms with Gasteiger partial charge in [-0.2, -0.15) is 4.98 Å². The van der Waals surface area contributed by atoms with E-state index < -0.39 is 6.10 Å². The lowest BCUT2D eigenvalue weighted by Gasteiger charge is -2.32. The number of methoxy groups -OCH3 is 1. The number of aromatic nitrogens is 3. The Balaban J connectivity index is 1.17. The summed E-state index contributed by atoms with van der Waals surface area (Å²) in [4.78, 5) is 22.5. The monoisotopic (exact) mass is 484 g/mol. The maximum atomic E-state index is 12.5. The van der Waals surface area contributed by atoms with Crippen LogP contribution < -0.4 is 20.3 Å². The minimum atomic E-state index is -0.823. The Bertz CT molecular complexity index is 1210. The molecule has 0 saturated carbocycles. The molecule has 1 fully saturated rings. The number of nitrogens with one attached hydrogen (secondary N) is 1. The number of ether oxygens (including phenoxy) is 3. The van der Waals surface area contributed by atoms with Crippen LogP contribution in [0.25, 0.3) is 11.0 Å². The maximum absolute atomic E-state index is 12.5. The lowest BCUT2D eigenvalue weighted by atomic mass is 10.0. The van der Waals surface area contributed by atoms with E-state index in [2.05, 4.69) is 21.4 Å². The standard InChI is InChI=1S/C24H28N4O5S/c1-31-22-6-2-15-3-7-23(30)28(24(15)27-22)13-18(29)19-5-4-16(14-33-19)25-11-17-10-21-20(12-26-17)32-8-9-34-21/h2-3,6-7,10,12,16,18-19,25,29H,4-5,8-9,11,13-14H2,1H3/t16?,18-,19-/m0/s1. The molecule has 3 atom stereocenters. The third-order valence-electron chi connectivity index (χ3n) is 6.18. The van der Waals surface area contributed by atoms with Gasteiger partial charge in [0, 0.05) is 35.9 Å². The first-order valence-electron chi connectivity index (χ1n) is 11.4. The summed E-state index contributed by atoms with van der Waals surface area (Å²) in [6.07, 6.45) is 2.18. The molecule has 2 aliphatic rings. The molecule has 0 radical (unpaired) electrons. The van der Waals surface area contributed by atoms with Crippen LogP contribution in [0.4, 0.5) is 0 Å². The zero-order valence-electron chi connectivity index (χ0n) is 19.0. The molecule has 2 aliphatic heterocycles. The van der Waals surface area contributed by atoms with E-state index >= 15 is 0 Å². The Kier molecular flexibility index (Phi) is 7.00. The number of thioether (sulfide) groups is 1. The van der Waals surface area contributed by atoms with Crippen LogP contribution in [0.1, 0.15) is 18.5 Å². The average Bonchev–Trinajstić information content (AvgIpc) is 2.89. The second-order valence-electron chi connectivity index (χ2n) is 8.46. The van der Waals surface area contributed by atoms with Gasteiger partial charge in [0.25, 0.3) is 5.56 Å². The van der Waals surface area contributed by atoms with Gasteiger partial charge in [-0.3, -0.25) is 14.3 Å². The lowest BCUT2D eigenvalue weighted by molar-refractivity contribution is -0.0771. The predicted molar refractivity (Wildman–Crippen MR) is 129 cm³/mol. The second kappa shape index (κ2) is 10.3. The van der Waals surface area contributed by atoms with E-state index in [-0.39, 0.29) is 24.2 Å². The molecule has 10 heteroatoms. The zero-order chi connectivity index (χ0) is 23.5.